The molecule has 10 N–H and O–H groups in total. The summed E-state index contributed by atoms with van der Waals surface area (Å²) in [5.41, 5.74) is 11.3. The van der Waals surface area contributed by atoms with Gasteiger partial charge in [-0.3, -0.25) is 24.0 Å². The minimum absolute atomic E-state index is 0.0224. The predicted molar refractivity (Wildman–Crippen MR) is 133 cm³/mol. The van der Waals surface area contributed by atoms with Crippen molar-refractivity contribution >= 4 is 35.6 Å². The fourth-order valence-electron chi connectivity index (χ4n) is 3.43. The number of nitrogens with one attached hydrogen (secondary N) is 3. The van der Waals surface area contributed by atoms with Gasteiger partial charge in [-0.2, -0.15) is 0 Å². The van der Waals surface area contributed by atoms with Crippen molar-refractivity contribution in [2.45, 2.75) is 70.1 Å². The summed E-state index contributed by atoms with van der Waals surface area (Å²) in [6.07, 6.45) is -1.24. The molecule has 0 saturated carbocycles. The van der Waals surface area contributed by atoms with Crippen molar-refractivity contribution in [3.05, 3.63) is 29.8 Å². The standard InChI is InChI=1S/C24H35N5O9/c1-12(2)9-17(28-21(34)15(25)11-20(32)33)23(36)27-16(7-8-19(26)31)22(35)29-18(24(37)38)10-13-3-5-14(30)6-4-13/h3-6,12,15-18,30H,7-11,25H2,1-2H3,(H2,26,31)(H,27,36)(H,28,34)(H,29,35)(H,32,33)(H,37,38). The average molecular weight is 538 g/mol. The van der Waals surface area contributed by atoms with E-state index in [4.69, 9.17) is 16.6 Å². The van der Waals surface area contributed by atoms with E-state index in [0.29, 0.717) is 5.56 Å². The van der Waals surface area contributed by atoms with Crippen LogP contribution in [0.5, 0.6) is 5.75 Å². The summed E-state index contributed by atoms with van der Waals surface area (Å²) < 4.78 is 0. The number of phenolic OH excluding ortho intramolecular Hbond substituents is 1. The van der Waals surface area contributed by atoms with Gasteiger partial charge in [0.2, 0.25) is 23.6 Å². The van der Waals surface area contributed by atoms with Crippen LogP contribution in [0.25, 0.3) is 0 Å². The number of rotatable bonds is 16. The van der Waals surface area contributed by atoms with Crippen LogP contribution < -0.4 is 27.4 Å². The van der Waals surface area contributed by atoms with Gasteiger partial charge in [-0.05, 0) is 36.5 Å². The van der Waals surface area contributed by atoms with Crippen molar-refractivity contribution in [3.8, 4) is 5.75 Å². The van der Waals surface area contributed by atoms with Gasteiger partial charge >= 0.3 is 11.9 Å². The predicted octanol–water partition coefficient (Wildman–Crippen LogP) is -1.41. The van der Waals surface area contributed by atoms with E-state index in [9.17, 15) is 39.0 Å². The van der Waals surface area contributed by atoms with Gasteiger partial charge in [0.1, 0.15) is 23.9 Å². The Balaban J connectivity index is 3.06. The second kappa shape index (κ2) is 15.1. The fraction of sp³-hybridized carbons (Fsp3) is 0.500. The molecule has 0 aliphatic rings. The molecule has 0 spiro atoms. The Hall–Kier alpha value is -4.20. The summed E-state index contributed by atoms with van der Waals surface area (Å²) in [5, 5.41) is 35.0. The highest BCUT2D eigenvalue weighted by Gasteiger charge is 2.31. The van der Waals surface area contributed by atoms with Crippen LogP contribution in [0, 0.1) is 5.92 Å². The maximum atomic E-state index is 13.0. The number of aromatic hydroxyl groups is 1. The number of benzene rings is 1. The Morgan fingerprint density at radius 1 is 0.842 bits per heavy atom. The Bertz CT molecular complexity index is 1010. The highest BCUT2D eigenvalue weighted by Crippen LogP contribution is 2.12. The summed E-state index contributed by atoms with van der Waals surface area (Å²) in [5.74, 6) is -6.15. The molecule has 0 aromatic heterocycles. The quantitative estimate of drug-likeness (QED) is 0.122. The van der Waals surface area contributed by atoms with Crippen LogP contribution in [-0.4, -0.2) is 75.1 Å². The van der Waals surface area contributed by atoms with Crippen LogP contribution in [-0.2, 0) is 35.2 Å². The van der Waals surface area contributed by atoms with E-state index in [1.54, 1.807) is 13.8 Å². The number of amides is 4. The van der Waals surface area contributed by atoms with Crippen LogP contribution in [0.15, 0.2) is 24.3 Å². The number of carboxylic acid groups (broad SMARTS) is 2. The summed E-state index contributed by atoms with van der Waals surface area (Å²) in [4.78, 5) is 72.3. The molecule has 4 atom stereocenters. The molecule has 4 unspecified atom stereocenters. The van der Waals surface area contributed by atoms with Crippen molar-refractivity contribution in [2.24, 2.45) is 17.4 Å². The summed E-state index contributed by atoms with van der Waals surface area (Å²) in [6.45, 7) is 3.53. The zero-order valence-corrected chi connectivity index (χ0v) is 21.2. The van der Waals surface area contributed by atoms with Gasteiger partial charge in [-0.15, -0.1) is 0 Å². The molecule has 0 fully saturated rings. The van der Waals surface area contributed by atoms with E-state index in [-0.39, 0.29) is 37.4 Å². The lowest BCUT2D eigenvalue weighted by Gasteiger charge is -2.26. The largest absolute Gasteiger partial charge is 0.508 e. The van der Waals surface area contributed by atoms with Gasteiger partial charge in [0.25, 0.3) is 0 Å². The molecule has 14 heteroatoms. The van der Waals surface area contributed by atoms with Gasteiger partial charge in [0, 0.05) is 12.8 Å². The lowest BCUT2D eigenvalue weighted by molar-refractivity contribution is -0.142. The molecule has 14 nitrogen and oxygen atoms in total. The minimum Gasteiger partial charge on any atom is -0.508 e. The van der Waals surface area contributed by atoms with Crippen molar-refractivity contribution in [1.82, 2.24) is 16.0 Å². The smallest absolute Gasteiger partial charge is 0.326 e. The molecule has 0 saturated heterocycles. The second-order valence-electron chi connectivity index (χ2n) is 9.23. The van der Waals surface area contributed by atoms with E-state index < -0.39 is 66.2 Å². The maximum Gasteiger partial charge on any atom is 0.326 e. The third kappa shape index (κ3) is 11.7. The van der Waals surface area contributed by atoms with Crippen molar-refractivity contribution in [2.75, 3.05) is 0 Å². The first-order valence-corrected chi connectivity index (χ1v) is 11.9. The molecule has 38 heavy (non-hydrogen) atoms. The Morgan fingerprint density at radius 3 is 1.87 bits per heavy atom. The minimum atomic E-state index is -1.42. The van der Waals surface area contributed by atoms with Gasteiger partial charge in [0.15, 0.2) is 0 Å². The molecule has 0 radical (unpaired) electrons. The lowest BCUT2D eigenvalue weighted by Crippen LogP contribution is -2.57. The zero-order chi connectivity index (χ0) is 29.0. The number of carbonyl (C=O) groups excluding carboxylic acids is 4. The number of aliphatic carboxylic acids is 2. The Morgan fingerprint density at radius 2 is 1.37 bits per heavy atom. The van der Waals surface area contributed by atoms with E-state index in [0.717, 1.165) is 0 Å². The third-order valence-electron chi connectivity index (χ3n) is 5.37. The van der Waals surface area contributed by atoms with Gasteiger partial charge in [0.05, 0.1) is 12.5 Å². The van der Waals surface area contributed by atoms with E-state index in [1.807, 2.05) is 0 Å². The number of carbonyl (C=O) groups is 6. The lowest BCUT2D eigenvalue weighted by atomic mass is 10.0. The Kier molecular flexibility index (Phi) is 12.7. The number of primary amides is 1. The van der Waals surface area contributed by atoms with Gasteiger partial charge in [-0.1, -0.05) is 26.0 Å². The molecule has 0 heterocycles. The normalized spacial score (nSPS) is 14.0. The van der Waals surface area contributed by atoms with E-state index in [2.05, 4.69) is 16.0 Å². The molecule has 0 aliphatic heterocycles. The SMILES string of the molecule is CC(C)CC(NC(=O)C(N)CC(=O)O)C(=O)NC(CCC(N)=O)C(=O)NC(Cc1ccc(O)cc1)C(=O)O. The Labute approximate surface area is 219 Å². The van der Waals surface area contributed by atoms with Gasteiger partial charge in [-0.25, -0.2) is 4.79 Å². The highest BCUT2D eigenvalue weighted by atomic mass is 16.4. The van der Waals surface area contributed by atoms with E-state index in [1.165, 1.54) is 24.3 Å². The van der Waals surface area contributed by atoms with Crippen LogP contribution >= 0.6 is 0 Å². The van der Waals surface area contributed by atoms with Crippen LogP contribution in [0.2, 0.25) is 0 Å². The van der Waals surface area contributed by atoms with Crippen LogP contribution in [0.4, 0.5) is 0 Å². The summed E-state index contributed by atoms with van der Waals surface area (Å²) >= 11 is 0. The first kappa shape index (κ1) is 31.8. The summed E-state index contributed by atoms with van der Waals surface area (Å²) in [6, 6.07) is 0.292. The molecule has 0 bridgehead atoms. The van der Waals surface area contributed by atoms with Crippen molar-refractivity contribution < 1.29 is 44.1 Å². The number of nitrogens with two attached hydrogens (primary N) is 2. The molecular formula is C24H35N5O9. The average Bonchev–Trinajstić information content (AvgIpc) is 2.80. The number of carboxylic acids is 2. The monoisotopic (exact) mass is 537 g/mol. The van der Waals surface area contributed by atoms with Crippen LogP contribution in [0.3, 0.4) is 0 Å². The number of hydrogen-bond donors (Lipinski definition) is 8. The molecule has 1 aromatic carbocycles. The van der Waals surface area contributed by atoms with Crippen molar-refractivity contribution in [1.29, 1.82) is 0 Å². The molecule has 1 aromatic rings. The third-order valence-corrected chi connectivity index (χ3v) is 5.37. The topological polar surface area (TPSA) is 251 Å². The molecule has 1 rings (SSSR count). The maximum absolute atomic E-state index is 13.0. The van der Waals surface area contributed by atoms with Crippen LogP contribution in [0.1, 0.15) is 45.1 Å². The van der Waals surface area contributed by atoms with E-state index >= 15 is 0 Å². The number of phenols is 1. The van der Waals surface area contributed by atoms with Gasteiger partial charge < -0.3 is 42.7 Å². The molecule has 0 aliphatic carbocycles. The highest BCUT2D eigenvalue weighted by molar-refractivity contribution is 5.95. The molecular weight excluding hydrogens is 502 g/mol. The fourth-order valence-corrected chi connectivity index (χ4v) is 3.43. The number of hydrogen-bond acceptors (Lipinski definition) is 8. The first-order valence-electron chi connectivity index (χ1n) is 11.9. The zero-order valence-electron chi connectivity index (χ0n) is 21.2. The first-order chi connectivity index (χ1) is 17.7. The second-order valence-corrected chi connectivity index (χ2v) is 9.23. The van der Waals surface area contributed by atoms with Crippen molar-refractivity contribution in [3.63, 3.8) is 0 Å². The summed E-state index contributed by atoms with van der Waals surface area (Å²) in [7, 11) is 0. The molecule has 210 valence electrons. The molecule has 4 amide bonds.